The van der Waals surface area contributed by atoms with Crippen LogP contribution in [0.5, 0.6) is 0 Å². The Bertz CT molecular complexity index is 605. The molecule has 4 nitrogen and oxygen atoms in total. The van der Waals surface area contributed by atoms with Gasteiger partial charge < -0.3 is 9.47 Å². The van der Waals surface area contributed by atoms with Gasteiger partial charge in [0.15, 0.2) is 0 Å². The van der Waals surface area contributed by atoms with Gasteiger partial charge in [-0.05, 0) is 69.6 Å². The van der Waals surface area contributed by atoms with E-state index in [1.807, 2.05) is 6.92 Å². The van der Waals surface area contributed by atoms with Crippen molar-refractivity contribution in [3.8, 4) is 0 Å². The van der Waals surface area contributed by atoms with Crippen LogP contribution in [-0.4, -0.2) is 26.2 Å². The van der Waals surface area contributed by atoms with Crippen molar-refractivity contribution in [1.82, 2.24) is 0 Å². The van der Waals surface area contributed by atoms with Gasteiger partial charge in [0.05, 0.1) is 19.6 Å². The lowest BCUT2D eigenvalue weighted by Gasteiger charge is -2.57. The van der Waals surface area contributed by atoms with Gasteiger partial charge in [0.2, 0.25) is 0 Å². The number of rotatable bonds is 5. The van der Waals surface area contributed by atoms with Crippen molar-refractivity contribution in [2.45, 2.75) is 65.7 Å². The SMILES string of the molecule is C=C1CCC2C(C)(C(=O)OC)CCCC2(C)C1CCC(C)=CC(=O)OC. The Balaban J connectivity index is 2.23. The van der Waals surface area contributed by atoms with Crippen LogP contribution in [0, 0.1) is 22.7 Å². The van der Waals surface area contributed by atoms with Crippen molar-refractivity contribution < 1.29 is 19.1 Å². The van der Waals surface area contributed by atoms with Gasteiger partial charge in [-0.2, -0.15) is 0 Å². The summed E-state index contributed by atoms with van der Waals surface area (Å²) in [5, 5.41) is 0. The van der Waals surface area contributed by atoms with Gasteiger partial charge in [0.1, 0.15) is 0 Å². The molecule has 0 aliphatic heterocycles. The first-order chi connectivity index (χ1) is 12.2. The van der Waals surface area contributed by atoms with Crippen LogP contribution < -0.4 is 0 Å². The van der Waals surface area contributed by atoms with Crippen LogP contribution in [0.4, 0.5) is 0 Å². The van der Waals surface area contributed by atoms with Gasteiger partial charge in [-0.25, -0.2) is 4.79 Å². The largest absolute Gasteiger partial charge is 0.469 e. The molecule has 0 saturated heterocycles. The van der Waals surface area contributed by atoms with E-state index in [4.69, 9.17) is 9.47 Å². The van der Waals surface area contributed by atoms with Crippen molar-refractivity contribution in [2.75, 3.05) is 14.2 Å². The first-order valence-electron chi connectivity index (χ1n) is 9.70. The zero-order valence-electron chi connectivity index (χ0n) is 17.0. The van der Waals surface area contributed by atoms with Gasteiger partial charge in [-0.15, -0.1) is 0 Å². The van der Waals surface area contributed by atoms with Crippen LogP contribution >= 0.6 is 0 Å². The van der Waals surface area contributed by atoms with E-state index in [0.717, 1.165) is 50.5 Å². The van der Waals surface area contributed by atoms with E-state index in [0.29, 0.717) is 11.8 Å². The molecule has 0 aromatic rings. The van der Waals surface area contributed by atoms with Crippen molar-refractivity contribution in [3.05, 3.63) is 23.8 Å². The second-order valence-electron chi connectivity index (χ2n) is 8.62. The Morgan fingerprint density at radius 2 is 1.92 bits per heavy atom. The average Bonchev–Trinajstić information content (AvgIpc) is 2.59. The summed E-state index contributed by atoms with van der Waals surface area (Å²) in [6.45, 7) is 10.8. The molecular weight excluding hydrogens is 328 g/mol. The Morgan fingerprint density at radius 1 is 1.23 bits per heavy atom. The number of carbonyl (C=O) groups is 2. The zero-order valence-corrected chi connectivity index (χ0v) is 17.0. The molecular formula is C22H34O4. The molecule has 0 amide bonds. The molecule has 0 N–H and O–H groups in total. The number of fused-ring (bicyclic) bond motifs is 1. The maximum absolute atomic E-state index is 12.6. The molecule has 4 heteroatoms. The fraction of sp³-hybridized carbons (Fsp3) is 0.727. The van der Waals surface area contributed by atoms with Crippen molar-refractivity contribution in [3.63, 3.8) is 0 Å². The monoisotopic (exact) mass is 362 g/mol. The lowest BCUT2D eigenvalue weighted by molar-refractivity contribution is -0.168. The summed E-state index contributed by atoms with van der Waals surface area (Å²) in [7, 11) is 2.90. The molecule has 146 valence electrons. The highest BCUT2D eigenvalue weighted by Crippen LogP contribution is 2.62. The number of methoxy groups -OCH3 is 2. The number of esters is 2. The van der Waals surface area contributed by atoms with Gasteiger partial charge in [0.25, 0.3) is 0 Å². The fourth-order valence-corrected chi connectivity index (χ4v) is 5.66. The Kier molecular flexibility index (Phi) is 6.36. The summed E-state index contributed by atoms with van der Waals surface area (Å²) in [5.74, 6) is 0.314. The second kappa shape index (κ2) is 7.98. The molecule has 0 heterocycles. The van der Waals surface area contributed by atoms with Crippen LogP contribution in [0.25, 0.3) is 0 Å². The minimum atomic E-state index is -0.405. The zero-order chi connectivity index (χ0) is 19.5. The molecule has 0 spiro atoms. The maximum atomic E-state index is 12.6. The molecule has 0 aromatic carbocycles. The van der Waals surface area contributed by atoms with E-state index >= 15 is 0 Å². The Labute approximate surface area is 158 Å². The first-order valence-corrected chi connectivity index (χ1v) is 9.70. The van der Waals surface area contributed by atoms with Crippen LogP contribution in [0.1, 0.15) is 65.7 Å². The molecule has 0 aromatic heterocycles. The lowest BCUT2D eigenvalue weighted by Crippen LogP contribution is -2.53. The number of hydrogen-bond acceptors (Lipinski definition) is 4. The molecule has 2 saturated carbocycles. The first kappa shape index (κ1) is 20.7. The highest BCUT2D eigenvalue weighted by molar-refractivity contribution is 5.82. The average molecular weight is 363 g/mol. The number of allylic oxidation sites excluding steroid dienone is 2. The summed E-state index contributed by atoms with van der Waals surface area (Å²) in [6.07, 6.45) is 8.42. The quantitative estimate of drug-likeness (QED) is 0.399. The molecule has 2 rings (SSSR count). The summed E-state index contributed by atoms with van der Waals surface area (Å²) in [5.41, 5.74) is 1.98. The van der Waals surface area contributed by atoms with Crippen molar-refractivity contribution in [1.29, 1.82) is 0 Å². The van der Waals surface area contributed by atoms with E-state index < -0.39 is 5.41 Å². The fourth-order valence-electron chi connectivity index (χ4n) is 5.66. The summed E-state index contributed by atoms with van der Waals surface area (Å²) >= 11 is 0. The molecule has 2 aliphatic carbocycles. The predicted molar refractivity (Wildman–Crippen MR) is 102 cm³/mol. The van der Waals surface area contributed by atoms with Crippen LogP contribution in [0.2, 0.25) is 0 Å². The van der Waals surface area contributed by atoms with E-state index in [9.17, 15) is 9.59 Å². The third-order valence-corrected chi connectivity index (χ3v) is 7.06. The van der Waals surface area contributed by atoms with Crippen molar-refractivity contribution in [2.24, 2.45) is 22.7 Å². The van der Waals surface area contributed by atoms with Crippen molar-refractivity contribution >= 4 is 11.9 Å². The number of hydrogen-bond donors (Lipinski definition) is 0. The molecule has 4 unspecified atom stereocenters. The standard InChI is InChI=1S/C22H34O4/c1-15(14-19(23)25-5)8-10-17-16(2)9-11-18-21(17,3)12-7-13-22(18,4)20(24)26-6/h14,17-18H,2,7-13H2,1,3-6H3. The highest BCUT2D eigenvalue weighted by Gasteiger charge is 2.57. The topological polar surface area (TPSA) is 52.6 Å². The summed E-state index contributed by atoms with van der Waals surface area (Å²) in [4.78, 5) is 24.0. The summed E-state index contributed by atoms with van der Waals surface area (Å²) < 4.78 is 9.90. The van der Waals surface area contributed by atoms with Gasteiger partial charge in [-0.3, -0.25) is 4.79 Å². The molecule has 0 radical (unpaired) electrons. The molecule has 4 atom stereocenters. The lowest BCUT2D eigenvalue weighted by atomic mass is 9.46. The third kappa shape index (κ3) is 3.74. The highest BCUT2D eigenvalue weighted by atomic mass is 16.5. The molecule has 2 aliphatic rings. The van der Waals surface area contributed by atoms with E-state index in [-0.39, 0.29) is 17.4 Å². The van der Waals surface area contributed by atoms with Gasteiger partial charge >= 0.3 is 11.9 Å². The third-order valence-electron chi connectivity index (χ3n) is 7.06. The smallest absolute Gasteiger partial charge is 0.330 e. The molecule has 26 heavy (non-hydrogen) atoms. The van der Waals surface area contributed by atoms with Crippen LogP contribution in [0.3, 0.4) is 0 Å². The molecule has 0 bridgehead atoms. The number of carbonyl (C=O) groups excluding carboxylic acids is 2. The van der Waals surface area contributed by atoms with Crippen LogP contribution in [0.15, 0.2) is 23.8 Å². The van der Waals surface area contributed by atoms with E-state index in [2.05, 4.69) is 20.4 Å². The van der Waals surface area contributed by atoms with E-state index in [1.165, 1.54) is 19.8 Å². The van der Waals surface area contributed by atoms with Gasteiger partial charge in [0, 0.05) is 6.08 Å². The maximum Gasteiger partial charge on any atom is 0.330 e. The predicted octanol–water partition coefficient (Wildman–Crippen LogP) is 4.84. The van der Waals surface area contributed by atoms with Gasteiger partial charge in [-0.1, -0.05) is 31.1 Å². The second-order valence-corrected chi connectivity index (χ2v) is 8.62. The minimum absolute atomic E-state index is 0.0576. The minimum Gasteiger partial charge on any atom is -0.469 e. The number of ether oxygens (including phenoxy) is 2. The normalized spacial score (nSPS) is 34.8. The Hall–Kier alpha value is -1.58. The van der Waals surface area contributed by atoms with E-state index in [1.54, 1.807) is 6.08 Å². The Morgan fingerprint density at radius 3 is 2.54 bits per heavy atom. The van der Waals surface area contributed by atoms with Crippen LogP contribution in [-0.2, 0) is 19.1 Å². The molecule has 2 fully saturated rings. The summed E-state index contributed by atoms with van der Waals surface area (Å²) in [6, 6.07) is 0.